The van der Waals surface area contributed by atoms with E-state index in [9.17, 15) is 4.79 Å². The molecule has 1 rings (SSSR count). The normalized spacial score (nSPS) is 24.2. The Bertz CT molecular complexity index is 317. The van der Waals surface area contributed by atoms with Crippen molar-refractivity contribution < 1.29 is 4.79 Å². The summed E-state index contributed by atoms with van der Waals surface area (Å²) >= 11 is 0. The minimum absolute atomic E-state index is 0.204. The van der Waals surface area contributed by atoms with Crippen LogP contribution in [0.3, 0.4) is 0 Å². The molecule has 2 N–H and O–H groups in total. The van der Waals surface area contributed by atoms with Crippen molar-refractivity contribution in [2.24, 2.45) is 11.7 Å². The molecule has 1 aliphatic rings. The van der Waals surface area contributed by atoms with Gasteiger partial charge in [0.2, 0.25) is 5.91 Å². The fourth-order valence-electron chi connectivity index (χ4n) is 2.69. The number of likely N-dealkylation sites (tertiary alicyclic amines) is 1. The Labute approximate surface area is 117 Å². The fourth-order valence-corrected chi connectivity index (χ4v) is 2.69. The molecular weight excluding hydrogens is 238 g/mol. The van der Waals surface area contributed by atoms with E-state index in [2.05, 4.69) is 18.4 Å². The van der Waals surface area contributed by atoms with Crippen molar-refractivity contribution >= 4 is 5.91 Å². The number of amides is 1. The Hall–Kier alpha value is -0.870. The Morgan fingerprint density at radius 1 is 1.47 bits per heavy atom. The zero-order valence-corrected chi connectivity index (χ0v) is 12.7. The molecule has 1 heterocycles. The lowest BCUT2D eigenvalue weighted by Gasteiger charge is -2.37. The van der Waals surface area contributed by atoms with E-state index < -0.39 is 0 Å². The summed E-state index contributed by atoms with van der Waals surface area (Å²) < 4.78 is 0. The monoisotopic (exact) mass is 267 g/mol. The third-order valence-electron chi connectivity index (χ3n) is 3.96. The van der Waals surface area contributed by atoms with Gasteiger partial charge in [-0.1, -0.05) is 25.5 Å². The summed E-state index contributed by atoms with van der Waals surface area (Å²) in [7, 11) is 0. The van der Waals surface area contributed by atoms with Crippen molar-refractivity contribution in [1.29, 1.82) is 0 Å². The zero-order chi connectivity index (χ0) is 14.4. The van der Waals surface area contributed by atoms with Crippen LogP contribution in [0.2, 0.25) is 0 Å². The summed E-state index contributed by atoms with van der Waals surface area (Å²) in [4.78, 5) is 16.4. The van der Waals surface area contributed by atoms with Gasteiger partial charge in [0.25, 0.3) is 0 Å². The predicted octanol–water partition coefficient (Wildman–Crippen LogP) is 1.47. The Balaban J connectivity index is 2.49. The van der Waals surface area contributed by atoms with E-state index in [0.29, 0.717) is 25.0 Å². The van der Waals surface area contributed by atoms with Gasteiger partial charge in [0.1, 0.15) is 0 Å². The number of rotatable bonds is 6. The molecule has 2 unspecified atom stereocenters. The summed E-state index contributed by atoms with van der Waals surface area (Å²) in [6.07, 6.45) is 2.09. The van der Waals surface area contributed by atoms with E-state index in [-0.39, 0.29) is 5.91 Å². The number of nitrogens with zero attached hydrogens (tertiary/aromatic N) is 2. The lowest BCUT2D eigenvalue weighted by atomic mass is 9.91. The van der Waals surface area contributed by atoms with Crippen LogP contribution in [-0.2, 0) is 4.79 Å². The van der Waals surface area contributed by atoms with Crippen molar-refractivity contribution in [3.8, 4) is 0 Å². The first kappa shape index (κ1) is 16.2. The van der Waals surface area contributed by atoms with E-state index in [4.69, 9.17) is 5.73 Å². The molecule has 19 heavy (non-hydrogen) atoms. The molecule has 0 bridgehead atoms. The number of carbonyl (C=O) groups is 1. The van der Waals surface area contributed by atoms with E-state index >= 15 is 0 Å². The van der Waals surface area contributed by atoms with E-state index in [1.807, 2.05) is 18.7 Å². The van der Waals surface area contributed by atoms with Crippen LogP contribution < -0.4 is 5.73 Å². The van der Waals surface area contributed by atoms with Gasteiger partial charge >= 0.3 is 0 Å². The molecule has 0 aromatic carbocycles. The SMILES string of the molecule is C=C(C)CN(CC)C(=O)CN1CCC(N)C(CC)C1. The van der Waals surface area contributed by atoms with Crippen molar-refractivity contribution in [2.75, 3.05) is 32.7 Å². The summed E-state index contributed by atoms with van der Waals surface area (Å²) in [6.45, 7) is 13.9. The molecule has 0 saturated carbocycles. The maximum absolute atomic E-state index is 12.3. The van der Waals surface area contributed by atoms with Crippen LogP contribution in [0, 0.1) is 5.92 Å². The highest BCUT2D eigenvalue weighted by atomic mass is 16.2. The van der Waals surface area contributed by atoms with Crippen LogP contribution in [0.25, 0.3) is 0 Å². The minimum Gasteiger partial charge on any atom is -0.338 e. The molecule has 2 atom stereocenters. The van der Waals surface area contributed by atoms with Crippen molar-refractivity contribution in [3.63, 3.8) is 0 Å². The van der Waals surface area contributed by atoms with Crippen LogP contribution >= 0.6 is 0 Å². The predicted molar refractivity (Wildman–Crippen MR) is 79.9 cm³/mol. The molecule has 1 saturated heterocycles. The molecule has 1 amide bonds. The van der Waals surface area contributed by atoms with E-state index in [1.165, 1.54) is 0 Å². The highest BCUT2D eigenvalue weighted by Gasteiger charge is 2.27. The molecule has 4 nitrogen and oxygen atoms in total. The first-order valence-corrected chi connectivity index (χ1v) is 7.38. The lowest BCUT2D eigenvalue weighted by molar-refractivity contribution is -0.132. The second-order valence-corrected chi connectivity index (χ2v) is 5.72. The molecule has 1 fully saturated rings. The third-order valence-corrected chi connectivity index (χ3v) is 3.96. The zero-order valence-electron chi connectivity index (χ0n) is 12.7. The van der Waals surface area contributed by atoms with Crippen LogP contribution in [0.15, 0.2) is 12.2 Å². The van der Waals surface area contributed by atoms with Crippen LogP contribution in [0.1, 0.15) is 33.6 Å². The molecule has 0 aromatic rings. The van der Waals surface area contributed by atoms with Crippen molar-refractivity contribution in [3.05, 3.63) is 12.2 Å². The molecule has 0 aliphatic carbocycles. The van der Waals surface area contributed by atoms with Gasteiger partial charge < -0.3 is 10.6 Å². The quantitative estimate of drug-likeness (QED) is 0.741. The Morgan fingerprint density at radius 3 is 2.68 bits per heavy atom. The second kappa shape index (κ2) is 7.65. The summed E-state index contributed by atoms with van der Waals surface area (Å²) in [5, 5.41) is 0. The van der Waals surface area contributed by atoms with Crippen molar-refractivity contribution in [2.45, 2.75) is 39.7 Å². The molecule has 4 heteroatoms. The van der Waals surface area contributed by atoms with Gasteiger partial charge in [0, 0.05) is 32.2 Å². The number of hydrogen-bond acceptors (Lipinski definition) is 3. The molecule has 0 aromatic heterocycles. The number of nitrogens with two attached hydrogens (primary N) is 1. The summed E-state index contributed by atoms with van der Waals surface area (Å²) in [6, 6.07) is 0.300. The first-order chi connectivity index (χ1) is 8.97. The van der Waals surface area contributed by atoms with Gasteiger partial charge in [-0.05, 0) is 26.2 Å². The number of carbonyl (C=O) groups excluding carboxylic acids is 1. The molecule has 0 spiro atoms. The second-order valence-electron chi connectivity index (χ2n) is 5.72. The highest BCUT2D eigenvalue weighted by Crippen LogP contribution is 2.18. The van der Waals surface area contributed by atoms with Gasteiger partial charge in [0.15, 0.2) is 0 Å². The van der Waals surface area contributed by atoms with Gasteiger partial charge in [-0.15, -0.1) is 0 Å². The van der Waals surface area contributed by atoms with Crippen molar-refractivity contribution in [1.82, 2.24) is 9.80 Å². The summed E-state index contributed by atoms with van der Waals surface area (Å²) in [5.74, 6) is 0.730. The topological polar surface area (TPSA) is 49.6 Å². The Morgan fingerprint density at radius 2 is 2.16 bits per heavy atom. The first-order valence-electron chi connectivity index (χ1n) is 7.38. The van der Waals surface area contributed by atoms with E-state index in [0.717, 1.165) is 38.0 Å². The minimum atomic E-state index is 0.204. The van der Waals surface area contributed by atoms with Gasteiger partial charge in [-0.2, -0.15) is 0 Å². The number of hydrogen-bond donors (Lipinski definition) is 1. The van der Waals surface area contributed by atoms with Crippen LogP contribution in [0.5, 0.6) is 0 Å². The van der Waals surface area contributed by atoms with Gasteiger partial charge in [-0.25, -0.2) is 0 Å². The smallest absolute Gasteiger partial charge is 0.237 e. The highest BCUT2D eigenvalue weighted by molar-refractivity contribution is 5.78. The number of piperidine rings is 1. The maximum atomic E-state index is 12.3. The molecular formula is C15H29N3O. The average Bonchev–Trinajstić information content (AvgIpc) is 2.37. The maximum Gasteiger partial charge on any atom is 0.237 e. The number of likely N-dealkylation sites (N-methyl/N-ethyl adjacent to an activating group) is 1. The Kier molecular flexibility index (Phi) is 6.52. The molecule has 110 valence electrons. The largest absolute Gasteiger partial charge is 0.338 e. The molecule has 1 aliphatic heterocycles. The lowest BCUT2D eigenvalue weighted by Crippen LogP contribution is -2.50. The van der Waals surface area contributed by atoms with Crippen LogP contribution in [0.4, 0.5) is 0 Å². The van der Waals surface area contributed by atoms with E-state index in [1.54, 1.807) is 0 Å². The fraction of sp³-hybridized carbons (Fsp3) is 0.800. The molecule has 0 radical (unpaired) electrons. The van der Waals surface area contributed by atoms with Crippen LogP contribution in [-0.4, -0.2) is 54.5 Å². The standard InChI is InChI=1S/C15H29N3O/c1-5-13-10-17(8-7-14(13)16)11-15(19)18(6-2)9-12(3)4/h13-14H,3,5-11,16H2,1-2,4H3. The van der Waals surface area contributed by atoms with Gasteiger partial charge in [-0.3, -0.25) is 9.69 Å². The third kappa shape index (κ3) is 4.96. The van der Waals surface area contributed by atoms with Gasteiger partial charge in [0.05, 0.1) is 6.54 Å². The summed E-state index contributed by atoms with van der Waals surface area (Å²) in [5.41, 5.74) is 7.13. The average molecular weight is 267 g/mol.